The third-order valence-corrected chi connectivity index (χ3v) is 4.34. The summed E-state index contributed by atoms with van der Waals surface area (Å²) < 4.78 is 0.576. The summed E-state index contributed by atoms with van der Waals surface area (Å²) in [7, 11) is 0. The zero-order valence-corrected chi connectivity index (χ0v) is 12.6. The van der Waals surface area contributed by atoms with Crippen molar-refractivity contribution < 1.29 is 9.59 Å². The smallest absolute Gasteiger partial charge is 0.265 e. The van der Waals surface area contributed by atoms with Gasteiger partial charge in [0.2, 0.25) is 0 Å². The molecule has 2 aromatic rings. The minimum absolute atomic E-state index is 0.0691. The fraction of sp³-hybridized carbons (Fsp3) is 0.200. The number of hydrogen-bond acceptors (Lipinski definition) is 3. The van der Waals surface area contributed by atoms with Gasteiger partial charge in [-0.3, -0.25) is 9.59 Å². The molecule has 4 nitrogen and oxygen atoms in total. The summed E-state index contributed by atoms with van der Waals surface area (Å²) in [6.45, 7) is 0. The molecule has 0 unspecified atom stereocenters. The molecule has 0 saturated heterocycles. The van der Waals surface area contributed by atoms with Crippen LogP contribution in [0.15, 0.2) is 36.4 Å². The highest BCUT2D eigenvalue weighted by Gasteiger charge is 2.23. The van der Waals surface area contributed by atoms with Gasteiger partial charge in [0.05, 0.1) is 9.21 Å². The van der Waals surface area contributed by atoms with Crippen molar-refractivity contribution >= 4 is 40.4 Å². The summed E-state index contributed by atoms with van der Waals surface area (Å²) in [4.78, 5) is 24.4. The first-order valence-corrected chi connectivity index (χ1v) is 7.79. The van der Waals surface area contributed by atoms with Crippen LogP contribution < -0.4 is 10.6 Å². The van der Waals surface area contributed by atoms with E-state index < -0.39 is 0 Å². The van der Waals surface area contributed by atoms with Crippen LogP contribution in [0.25, 0.3) is 0 Å². The third-order valence-electron chi connectivity index (χ3n) is 3.11. The molecule has 0 radical (unpaired) electrons. The van der Waals surface area contributed by atoms with Crippen LogP contribution >= 0.6 is 22.9 Å². The summed E-state index contributed by atoms with van der Waals surface area (Å²) in [6.07, 6.45) is 2.12. The molecule has 0 bridgehead atoms. The Balaban J connectivity index is 1.63. The molecule has 2 N–H and O–H groups in total. The van der Waals surface area contributed by atoms with Gasteiger partial charge in [0.1, 0.15) is 0 Å². The number of thiophene rings is 1. The molecule has 1 fully saturated rings. The van der Waals surface area contributed by atoms with Crippen molar-refractivity contribution in [1.29, 1.82) is 0 Å². The lowest BCUT2D eigenvalue weighted by atomic mass is 10.2. The van der Waals surface area contributed by atoms with E-state index in [1.54, 1.807) is 36.4 Å². The molecule has 3 rings (SSSR count). The molecular weight excluding hydrogens is 308 g/mol. The SMILES string of the molecule is O=C(NC1CC1)c1ccc(NC(=O)c2ccc(Cl)s2)cc1. The van der Waals surface area contributed by atoms with Crippen LogP contribution in [0.2, 0.25) is 4.34 Å². The van der Waals surface area contributed by atoms with E-state index >= 15 is 0 Å². The van der Waals surface area contributed by atoms with Crippen molar-refractivity contribution in [2.24, 2.45) is 0 Å². The molecule has 1 aliphatic carbocycles. The lowest BCUT2D eigenvalue weighted by Gasteiger charge is -2.06. The summed E-state index contributed by atoms with van der Waals surface area (Å²) in [5.41, 5.74) is 1.24. The predicted molar refractivity (Wildman–Crippen MR) is 84.2 cm³/mol. The largest absolute Gasteiger partial charge is 0.349 e. The summed E-state index contributed by atoms with van der Waals surface area (Å²) in [5.74, 6) is -0.275. The van der Waals surface area contributed by atoms with E-state index in [-0.39, 0.29) is 11.8 Å². The van der Waals surface area contributed by atoms with Crippen molar-refractivity contribution in [3.05, 3.63) is 51.2 Å². The fourth-order valence-corrected chi connectivity index (χ4v) is 2.77. The van der Waals surface area contributed by atoms with E-state index in [9.17, 15) is 9.59 Å². The van der Waals surface area contributed by atoms with Crippen molar-refractivity contribution in [3.63, 3.8) is 0 Å². The molecule has 1 aliphatic rings. The van der Waals surface area contributed by atoms with Crippen LogP contribution in [0.3, 0.4) is 0 Å². The first kappa shape index (κ1) is 14.1. The van der Waals surface area contributed by atoms with Gasteiger partial charge in [-0.05, 0) is 49.2 Å². The highest BCUT2D eigenvalue weighted by molar-refractivity contribution is 7.18. The standard InChI is InChI=1S/C15H13ClN2O2S/c16-13-8-7-12(21-13)15(20)18-10-3-1-9(2-4-10)14(19)17-11-5-6-11/h1-4,7-8,11H,5-6H2,(H,17,19)(H,18,20). The number of amides is 2. The molecule has 21 heavy (non-hydrogen) atoms. The average molecular weight is 321 g/mol. The zero-order chi connectivity index (χ0) is 14.8. The number of halogens is 1. The maximum Gasteiger partial charge on any atom is 0.265 e. The first-order chi connectivity index (χ1) is 10.1. The Morgan fingerprint density at radius 1 is 1.05 bits per heavy atom. The monoisotopic (exact) mass is 320 g/mol. The van der Waals surface area contributed by atoms with Crippen LogP contribution in [0.5, 0.6) is 0 Å². The van der Waals surface area contributed by atoms with E-state index in [0.717, 1.165) is 12.8 Å². The van der Waals surface area contributed by atoms with Crippen LogP contribution in [-0.4, -0.2) is 17.9 Å². The van der Waals surface area contributed by atoms with Gasteiger partial charge in [0.25, 0.3) is 11.8 Å². The number of benzene rings is 1. The second kappa shape index (κ2) is 5.87. The molecule has 0 aliphatic heterocycles. The van der Waals surface area contributed by atoms with Gasteiger partial charge in [0, 0.05) is 17.3 Å². The second-order valence-corrected chi connectivity index (χ2v) is 6.60. The average Bonchev–Trinajstić information content (AvgIpc) is 3.17. The molecule has 0 spiro atoms. The van der Waals surface area contributed by atoms with E-state index in [0.29, 0.717) is 26.5 Å². The van der Waals surface area contributed by atoms with Gasteiger partial charge in [-0.1, -0.05) is 11.6 Å². The summed E-state index contributed by atoms with van der Waals surface area (Å²) in [5, 5.41) is 5.69. The van der Waals surface area contributed by atoms with Crippen molar-refractivity contribution in [1.82, 2.24) is 5.32 Å². The minimum atomic E-state index is -0.206. The Kier molecular flexibility index (Phi) is 3.94. The molecule has 2 amide bonds. The highest BCUT2D eigenvalue weighted by Crippen LogP contribution is 2.23. The zero-order valence-electron chi connectivity index (χ0n) is 11.1. The number of rotatable bonds is 4. The Labute approximate surface area is 131 Å². The molecule has 1 aromatic heterocycles. The fourth-order valence-electron chi connectivity index (χ4n) is 1.83. The van der Waals surface area contributed by atoms with Crippen LogP contribution in [0.1, 0.15) is 32.9 Å². The summed E-state index contributed by atoms with van der Waals surface area (Å²) in [6, 6.07) is 10.5. The predicted octanol–water partition coefficient (Wildman–Crippen LogP) is 3.55. The maximum absolute atomic E-state index is 12.0. The normalized spacial score (nSPS) is 13.8. The van der Waals surface area contributed by atoms with E-state index in [4.69, 9.17) is 11.6 Å². The number of anilines is 1. The third kappa shape index (κ3) is 3.62. The number of carbonyl (C=O) groups excluding carboxylic acids is 2. The van der Waals surface area contributed by atoms with E-state index in [1.165, 1.54) is 11.3 Å². The Morgan fingerprint density at radius 2 is 1.76 bits per heavy atom. The maximum atomic E-state index is 12.0. The van der Waals surface area contributed by atoms with E-state index in [1.807, 2.05) is 0 Å². The van der Waals surface area contributed by atoms with Gasteiger partial charge >= 0.3 is 0 Å². The molecule has 1 saturated carbocycles. The van der Waals surface area contributed by atoms with Crippen LogP contribution in [-0.2, 0) is 0 Å². The number of hydrogen-bond donors (Lipinski definition) is 2. The molecule has 1 aromatic carbocycles. The van der Waals surface area contributed by atoms with Crippen LogP contribution in [0.4, 0.5) is 5.69 Å². The lowest BCUT2D eigenvalue weighted by molar-refractivity contribution is 0.0950. The minimum Gasteiger partial charge on any atom is -0.349 e. The van der Waals surface area contributed by atoms with Crippen molar-refractivity contribution in [2.75, 3.05) is 5.32 Å². The van der Waals surface area contributed by atoms with Gasteiger partial charge in [-0.2, -0.15) is 0 Å². The number of carbonyl (C=O) groups is 2. The topological polar surface area (TPSA) is 58.2 Å². The molecule has 0 atom stereocenters. The quantitative estimate of drug-likeness (QED) is 0.905. The number of nitrogens with one attached hydrogen (secondary N) is 2. The van der Waals surface area contributed by atoms with Crippen molar-refractivity contribution in [3.8, 4) is 0 Å². The van der Waals surface area contributed by atoms with Gasteiger partial charge in [-0.15, -0.1) is 11.3 Å². The highest BCUT2D eigenvalue weighted by atomic mass is 35.5. The van der Waals surface area contributed by atoms with Crippen LogP contribution in [0, 0.1) is 0 Å². The molecular formula is C15H13ClN2O2S. The Morgan fingerprint density at radius 3 is 2.33 bits per heavy atom. The molecule has 108 valence electrons. The molecule has 6 heteroatoms. The second-order valence-electron chi connectivity index (χ2n) is 4.88. The Hall–Kier alpha value is -1.85. The van der Waals surface area contributed by atoms with E-state index in [2.05, 4.69) is 10.6 Å². The Bertz CT molecular complexity index is 677. The van der Waals surface area contributed by atoms with Gasteiger partial charge in [-0.25, -0.2) is 0 Å². The first-order valence-electron chi connectivity index (χ1n) is 6.59. The van der Waals surface area contributed by atoms with Gasteiger partial charge < -0.3 is 10.6 Å². The summed E-state index contributed by atoms with van der Waals surface area (Å²) >= 11 is 7.03. The molecule has 1 heterocycles. The van der Waals surface area contributed by atoms with Gasteiger partial charge in [0.15, 0.2) is 0 Å². The lowest BCUT2D eigenvalue weighted by Crippen LogP contribution is -2.25. The van der Waals surface area contributed by atoms with Crippen molar-refractivity contribution in [2.45, 2.75) is 18.9 Å².